The second kappa shape index (κ2) is 8.25. The molecule has 152 valence electrons. The second-order valence-electron chi connectivity index (χ2n) is 7.46. The van der Waals surface area contributed by atoms with Gasteiger partial charge >= 0.3 is 0 Å². The van der Waals surface area contributed by atoms with Gasteiger partial charge in [0.25, 0.3) is 0 Å². The molecule has 0 saturated heterocycles. The van der Waals surface area contributed by atoms with Crippen LogP contribution in [0.15, 0.2) is 71.2 Å². The summed E-state index contributed by atoms with van der Waals surface area (Å²) in [7, 11) is 1.82. The summed E-state index contributed by atoms with van der Waals surface area (Å²) in [5, 5.41) is 10.5. The first-order chi connectivity index (χ1) is 14.5. The Morgan fingerprint density at radius 3 is 2.70 bits per heavy atom. The molecule has 2 aliphatic rings. The van der Waals surface area contributed by atoms with Crippen molar-refractivity contribution in [1.29, 1.82) is 5.26 Å². The average molecular weight is 420 g/mol. The highest BCUT2D eigenvalue weighted by Crippen LogP contribution is 2.46. The summed E-state index contributed by atoms with van der Waals surface area (Å²) in [6, 6.07) is 17.2. The van der Waals surface area contributed by atoms with Crippen LogP contribution in [-0.4, -0.2) is 17.7 Å². The lowest BCUT2D eigenvalue weighted by molar-refractivity contribution is -0.116. The SMILES string of the molecule is CN1C(N)=C(C#N)[C@H](c2ccccc2OCc2ccccc2Cl)C2=C1CCCC2=O. The Labute approximate surface area is 181 Å². The van der Waals surface area contributed by atoms with Crippen molar-refractivity contribution in [3.8, 4) is 11.8 Å². The molecule has 5 nitrogen and oxygen atoms in total. The molecule has 0 radical (unpaired) electrons. The van der Waals surface area contributed by atoms with E-state index in [1.54, 1.807) is 4.90 Å². The zero-order chi connectivity index (χ0) is 21.3. The average Bonchev–Trinajstić information content (AvgIpc) is 2.76. The smallest absolute Gasteiger partial charge is 0.161 e. The molecule has 0 amide bonds. The summed E-state index contributed by atoms with van der Waals surface area (Å²) >= 11 is 6.27. The molecule has 0 bridgehead atoms. The van der Waals surface area contributed by atoms with Gasteiger partial charge in [0.1, 0.15) is 18.2 Å². The van der Waals surface area contributed by atoms with E-state index in [9.17, 15) is 10.1 Å². The standard InChI is InChI=1S/C24H22ClN3O2/c1-28-19-10-6-11-20(29)23(19)22(17(13-26)24(28)27)16-8-3-5-12-21(16)30-14-15-7-2-4-9-18(15)25/h2-5,7-9,12,22H,6,10-11,14,27H2,1H3/t22-/m0/s1. The van der Waals surface area contributed by atoms with Crippen molar-refractivity contribution >= 4 is 17.4 Å². The highest BCUT2D eigenvalue weighted by Gasteiger charge is 2.39. The molecule has 0 unspecified atom stereocenters. The molecule has 6 heteroatoms. The third-order valence-corrected chi connectivity index (χ3v) is 6.11. The summed E-state index contributed by atoms with van der Waals surface area (Å²) in [5.41, 5.74) is 9.88. The van der Waals surface area contributed by atoms with E-state index in [2.05, 4.69) is 6.07 Å². The third-order valence-electron chi connectivity index (χ3n) is 5.74. The van der Waals surface area contributed by atoms with Crippen molar-refractivity contribution < 1.29 is 9.53 Å². The maximum atomic E-state index is 12.9. The maximum absolute atomic E-state index is 12.9. The molecule has 0 saturated carbocycles. The quantitative estimate of drug-likeness (QED) is 0.780. The Morgan fingerprint density at radius 1 is 1.20 bits per heavy atom. The fourth-order valence-corrected chi connectivity index (χ4v) is 4.39. The van der Waals surface area contributed by atoms with Crippen LogP contribution in [-0.2, 0) is 11.4 Å². The van der Waals surface area contributed by atoms with E-state index in [0.29, 0.717) is 34.2 Å². The van der Waals surface area contributed by atoms with E-state index < -0.39 is 5.92 Å². The van der Waals surface area contributed by atoms with E-state index in [0.717, 1.165) is 29.7 Å². The van der Waals surface area contributed by atoms with E-state index in [4.69, 9.17) is 22.1 Å². The number of Topliss-reactive ketones (excluding diaryl/α,β-unsaturated/α-hetero) is 1. The number of hydrogen-bond acceptors (Lipinski definition) is 5. The number of para-hydroxylation sites is 1. The molecule has 2 aromatic rings. The number of carbonyl (C=O) groups is 1. The fourth-order valence-electron chi connectivity index (χ4n) is 4.20. The topological polar surface area (TPSA) is 79.3 Å². The molecule has 1 aliphatic heterocycles. The number of carbonyl (C=O) groups excluding carboxylic acids is 1. The van der Waals surface area contributed by atoms with E-state index >= 15 is 0 Å². The lowest BCUT2D eigenvalue weighted by Crippen LogP contribution is -2.36. The van der Waals surface area contributed by atoms with Crippen molar-refractivity contribution in [2.45, 2.75) is 31.8 Å². The van der Waals surface area contributed by atoms with E-state index in [1.807, 2.05) is 55.6 Å². The highest BCUT2D eigenvalue weighted by atomic mass is 35.5. The van der Waals surface area contributed by atoms with Crippen LogP contribution in [0.3, 0.4) is 0 Å². The van der Waals surface area contributed by atoms with Gasteiger partial charge < -0.3 is 15.4 Å². The third kappa shape index (κ3) is 3.44. The van der Waals surface area contributed by atoms with Gasteiger partial charge in [-0.05, 0) is 25.0 Å². The Hall–Kier alpha value is -3.23. The first-order valence-corrected chi connectivity index (χ1v) is 10.3. The molecule has 30 heavy (non-hydrogen) atoms. The molecule has 2 aromatic carbocycles. The summed E-state index contributed by atoms with van der Waals surface area (Å²) in [4.78, 5) is 14.7. The van der Waals surface area contributed by atoms with Crippen LogP contribution in [0, 0.1) is 11.3 Å². The van der Waals surface area contributed by atoms with Gasteiger partial charge in [-0.25, -0.2) is 0 Å². The van der Waals surface area contributed by atoms with Crippen LogP contribution in [0.1, 0.15) is 36.3 Å². The Morgan fingerprint density at radius 2 is 1.93 bits per heavy atom. The van der Waals surface area contributed by atoms with Crippen LogP contribution in [0.2, 0.25) is 5.02 Å². The summed E-state index contributed by atoms with van der Waals surface area (Å²) in [6.45, 7) is 0.282. The monoisotopic (exact) mass is 419 g/mol. The number of halogens is 1. The number of nitriles is 1. The molecule has 4 rings (SSSR count). The number of allylic oxidation sites excluding steroid dienone is 3. The predicted octanol–water partition coefficient (Wildman–Crippen LogP) is 4.65. The number of nitrogens with two attached hydrogens (primary N) is 1. The second-order valence-corrected chi connectivity index (χ2v) is 7.86. The van der Waals surface area contributed by atoms with Gasteiger partial charge in [0.05, 0.1) is 17.6 Å². The molecule has 2 N–H and O–H groups in total. The van der Waals surface area contributed by atoms with Crippen molar-refractivity contribution in [1.82, 2.24) is 4.90 Å². The minimum Gasteiger partial charge on any atom is -0.489 e. The molecular weight excluding hydrogens is 398 g/mol. The first-order valence-electron chi connectivity index (χ1n) is 9.87. The summed E-state index contributed by atoms with van der Waals surface area (Å²) in [6.07, 6.45) is 2.02. The maximum Gasteiger partial charge on any atom is 0.161 e. The fraction of sp³-hybridized carbons (Fsp3) is 0.250. The van der Waals surface area contributed by atoms with Gasteiger partial charge in [-0.15, -0.1) is 0 Å². The van der Waals surface area contributed by atoms with Gasteiger partial charge in [0.2, 0.25) is 0 Å². The van der Waals surface area contributed by atoms with Gasteiger partial charge in [0.15, 0.2) is 5.78 Å². The predicted molar refractivity (Wildman–Crippen MR) is 115 cm³/mol. The lowest BCUT2D eigenvalue weighted by Gasteiger charge is -2.38. The normalized spacial score (nSPS) is 18.9. The summed E-state index contributed by atoms with van der Waals surface area (Å²) < 4.78 is 6.12. The first kappa shape index (κ1) is 20.1. The number of rotatable bonds is 4. The molecule has 1 heterocycles. The zero-order valence-corrected chi connectivity index (χ0v) is 17.4. The molecule has 0 aromatic heterocycles. The van der Waals surface area contributed by atoms with Gasteiger partial charge in [-0.2, -0.15) is 5.26 Å². The number of ether oxygens (including phenoxy) is 1. The minimum absolute atomic E-state index is 0.0641. The molecule has 1 atom stereocenters. The number of nitrogens with zero attached hydrogens (tertiary/aromatic N) is 2. The van der Waals surface area contributed by atoms with Crippen LogP contribution < -0.4 is 10.5 Å². The molecular formula is C24H22ClN3O2. The summed E-state index contributed by atoms with van der Waals surface area (Å²) in [5.74, 6) is 0.528. The van der Waals surface area contributed by atoms with Crippen LogP contribution in [0.5, 0.6) is 5.75 Å². The van der Waals surface area contributed by atoms with Gasteiger partial charge in [-0.3, -0.25) is 4.79 Å². The minimum atomic E-state index is -0.531. The van der Waals surface area contributed by atoms with Crippen LogP contribution >= 0.6 is 11.6 Å². The van der Waals surface area contributed by atoms with Crippen molar-refractivity contribution in [3.63, 3.8) is 0 Å². The zero-order valence-electron chi connectivity index (χ0n) is 16.7. The Kier molecular flexibility index (Phi) is 5.52. The number of benzene rings is 2. The van der Waals surface area contributed by atoms with Gasteiger partial charge in [-0.1, -0.05) is 48.0 Å². The number of ketones is 1. The Bertz CT molecular complexity index is 1110. The van der Waals surface area contributed by atoms with E-state index in [-0.39, 0.29) is 12.4 Å². The van der Waals surface area contributed by atoms with Crippen molar-refractivity contribution in [2.24, 2.45) is 5.73 Å². The highest BCUT2D eigenvalue weighted by molar-refractivity contribution is 6.31. The van der Waals surface area contributed by atoms with Crippen molar-refractivity contribution in [3.05, 3.63) is 87.3 Å². The molecule has 1 aliphatic carbocycles. The van der Waals surface area contributed by atoms with Crippen LogP contribution in [0.4, 0.5) is 0 Å². The largest absolute Gasteiger partial charge is 0.489 e. The molecule has 0 spiro atoms. The Balaban J connectivity index is 1.79. The van der Waals surface area contributed by atoms with Gasteiger partial charge in [0, 0.05) is 40.9 Å². The van der Waals surface area contributed by atoms with Crippen molar-refractivity contribution in [2.75, 3.05) is 7.05 Å². The van der Waals surface area contributed by atoms with Crippen LogP contribution in [0.25, 0.3) is 0 Å². The molecule has 0 fully saturated rings. The lowest BCUT2D eigenvalue weighted by atomic mass is 9.75. The van der Waals surface area contributed by atoms with E-state index in [1.165, 1.54) is 0 Å². The number of hydrogen-bond donors (Lipinski definition) is 1.